The van der Waals surface area contributed by atoms with Gasteiger partial charge in [-0.15, -0.1) is 0 Å². The zero-order chi connectivity index (χ0) is 20.5. The van der Waals surface area contributed by atoms with Crippen molar-refractivity contribution in [2.45, 2.75) is 51.2 Å². The van der Waals surface area contributed by atoms with Gasteiger partial charge < -0.3 is 14.7 Å². The van der Waals surface area contributed by atoms with Crippen molar-refractivity contribution < 1.29 is 9.84 Å². The normalized spacial score (nSPS) is 16.5. The average Bonchev–Trinajstić information content (AvgIpc) is 2.75. The van der Waals surface area contributed by atoms with Crippen LogP contribution in [0.15, 0.2) is 54.6 Å². The Labute approximate surface area is 176 Å². The summed E-state index contributed by atoms with van der Waals surface area (Å²) in [6.07, 6.45) is 4.73. The number of hydrogen-bond donors (Lipinski definition) is 1. The van der Waals surface area contributed by atoms with Gasteiger partial charge in [-0.1, -0.05) is 43.7 Å². The summed E-state index contributed by atoms with van der Waals surface area (Å²) < 4.78 is 5.74. The van der Waals surface area contributed by atoms with E-state index in [1.165, 1.54) is 5.56 Å². The van der Waals surface area contributed by atoms with Crippen molar-refractivity contribution in [1.29, 1.82) is 0 Å². The van der Waals surface area contributed by atoms with Crippen molar-refractivity contribution in [3.8, 4) is 5.75 Å². The van der Waals surface area contributed by atoms with Crippen LogP contribution in [0, 0.1) is 0 Å². The second-order valence-electron chi connectivity index (χ2n) is 8.35. The highest BCUT2D eigenvalue weighted by Crippen LogP contribution is 2.28. The van der Waals surface area contributed by atoms with Gasteiger partial charge in [0.15, 0.2) is 0 Å². The van der Waals surface area contributed by atoms with Crippen molar-refractivity contribution in [2.24, 2.45) is 0 Å². The minimum absolute atomic E-state index is 0.551. The molecule has 0 unspecified atom stereocenters. The molecular weight excluding hydrogens is 360 g/mol. The van der Waals surface area contributed by atoms with Gasteiger partial charge in [0.25, 0.3) is 0 Å². The molecule has 1 saturated heterocycles. The van der Waals surface area contributed by atoms with Crippen LogP contribution < -0.4 is 9.64 Å². The van der Waals surface area contributed by atoms with E-state index in [2.05, 4.69) is 66.2 Å². The zero-order valence-electron chi connectivity index (χ0n) is 18.0. The molecule has 1 heterocycles. The molecule has 1 N–H and O–H groups in total. The molecule has 0 saturated carbocycles. The molecule has 29 heavy (non-hydrogen) atoms. The molecule has 2 aromatic carbocycles. The number of rotatable bonds is 10. The van der Waals surface area contributed by atoms with Crippen LogP contribution in [-0.4, -0.2) is 48.9 Å². The summed E-state index contributed by atoms with van der Waals surface area (Å²) in [5, 5.41) is 11.0. The molecule has 1 aliphatic heterocycles. The Hall–Kier alpha value is -2.04. The van der Waals surface area contributed by atoms with Gasteiger partial charge in [0.2, 0.25) is 0 Å². The van der Waals surface area contributed by atoms with Gasteiger partial charge in [-0.05, 0) is 55.5 Å². The molecule has 1 aliphatic rings. The Morgan fingerprint density at radius 1 is 1.03 bits per heavy atom. The van der Waals surface area contributed by atoms with Gasteiger partial charge in [-0.2, -0.15) is 0 Å². The standard InChI is InChI=1S/C25H36N2O2/c1-3-4-20-29-24-12-10-23(11-13-24)26(2)17-14-25(28)15-18-27(19-16-25)21-22-8-6-5-7-9-22/h5-13,28H,3-4,14-21H2,1-2H3. The second kappa shape index (κ2) is 10.7. The van der Waals surface area contributed by atoms with Crippen molar-refractivity contribution in [2.75, 3.05) is 38.2 Å². The molecule has 0 bridgehead atoms. The lowest BCUT2D eigenvalue weighted by atomic mass is 9.88. The summed E-state index contributed by atoms with van der Waals surface area (Å²) in [6, 6.07) is 18.9. The molecular formula is C25H36N2O2. The van der Waals surface area contributed by atoms with E-state index in [0.717, 1.165) is 76.3 Å². The smallest absolute Gasteiger partial charge is 0.119 e. The van der Waals surface area contributed by atoms with Crippen LogP contribution in [0.5, 0.6) is 5.75 Å². The number of piperidine rings is 1. The number of ether oxygens (including phenoxy) is 1. The quantitative estimate of drug-likeness (QED) is 0.590. The molecule has 0 radical (unpaired) electrons. The lowest BCUT2D eigenvalue weighted by Crippen LogP contribution is -2.45. The fourth-order valence-corrected chi connectivity index (χ4v) is 3.86. The van der Waals surface area contributed by atoms with Crippen LogP contribution in [0.25, 0.3) is 0 Å². The molecule has 4 heteroatoms. The number of benzene rings is 2. The topological polar surface area (TPSA) is 35.9 Å². The van der Waals surface area contributed by atoms with E-state index in [9.17, 15) is 5.11 Å². The van der Waals surface area contributed by atoms with E-state index < -0.39 is 5.60 Å². The van der Waals surface area contributed by atoms with Gasteiger partial charge in [0.05, 0.1) is 12.2 Å². The highest BCUT2D eigenvalue weighted by molar-refractivity contribution is 5.48. The van der Waals surface area contributed by atoms with Crippen LogP contribution in [0.1, 0.15) is 44.6 Å². The van der Waals surface area contributed by atoms with E-state index in [4.69, 9.17) is 4.74 Å². The van der Waals surface area contributed by atoms with Gasteiger partial charge in [0, 0.05) is 38.9 Å². The van der Waals surface area contributed by atoms with Crippen molar-refractivity contribution in [3.63, 3.8) is 0 Å². The van der Waals surface area contributed by atoms with Crippen molar-refractivity contribution in [3.05, 3.63) is 60.2 Å². The molecule has 3 rings (SSSR count). The third-order valence-electron chi connectivity index (χ3n) is 5.99. The summed E-state index contributed by atoms with van der Waals surface area (Å²) in [6.45, 7) is 6.69. The summed E-state index contributed by atoms with van der Waals surface area (Å²) in [7, 11) is 2.10. The fourth-order valence-electron chi connectivity index (χ4n) is 3.86. The Morgan fingerprint density at radius 3 is 2.38 bits per heavy atom. The predicted molar refractivity (Wildman–Crippen MR) is 121 cm³/mol. The lowest BCUT2D eigenvalue weighted by Gasteiger charge is -2.39. The van der Waals surface area contributed by atoms with E-state index in [0.29, 0.717) is 0 Å². The van der Waals surface area contributed by atoms with Crippen molar-refractivity contribution >= 4 is 5.69 Å². The lowest BCUT2D eigenvalue weighted by molar-refractivity contribution is -0.0275. The molecule has 0 atom stereocenters. The number of aliphatic hydroxyl groups is 1. The largest absolute Gasteiger partial charge is 0.494 e. The Kier molecular flexibility index (Phi) is 7.96. The first kappa shape index (κ1) is 21.7. The molecule has 0 amide bonds. The summed E-state index contributed by atoms with van der Waals surface area (Å²) in [5.41, 5.74) is 1.96. The predicted octanol–water partition coefficient (Wildman–Crippen LogP) is 4.72. The van der Waals surface area contributed by atoms with Crippen LogP contribution >= 0.6 is 0 Å². The van der Waals surface area contributed by atoms with Crippen LogP contribution in [0.2, 0.25) is 0 Å². The highest BCUT2D eigenvalue weighted by Gasteiger charge is 2.32. The van der Waals surface area contributed by atoms with E-state index in [-0.39, 0.29) is 0 Å². The van der Waals surface area contributed by atoms with E-state index >= 15 is 0 Å². The Bertz CT molecular complexity index is 709. The molecule has 1 fully saturated rings. The van der Waals surface area contributed by atoms with E-state index in [1.807, 2.05) is 12.1 Å². The first-order valence-electron chi connectivity index (χ1n) is 11.0. The average molecular weight is 397 g/mol. The fraction of sp³-hybridized carbons (Fsp3) is 0.520. The zero-order valence-corrected chi connectivity index (χ0v) is 18.0. The Morgan fingerprint density at radius 2 is 1.72 bits per heavy atom. The minimum atomic E-state index is -0.551. The van der Waals surface area contributed by atoms with Gasteiger partial charge >= 0.3 is 0 Å². The maximum absolute atomic E-state index is 11.0. The number of unbranched alkanes of at least 4 members (excludes halogenated alkanes) is 1. The molecule has 4 nitrogen and oxygen atoms in total. The van der Waals surface area contributed by atoms with Crippen LogP contribution in [-0.2, 0) is 6.54 Å². The summed E-state index contributed by atoms with van der Waals surface area (Å²) in [5.74, 6) is 0.931. The third-order valence-corrected chi connectivity index (χ3v) is 5.99. The minimum Gasteiger partial charge on any atom is -0.494 e. The first-order valence-corrected chi connectivity index (χ1v) is 11.0. The molecule has 0 aliphatic carbocycles. The van der Waals surface area contributed by atoms with Crippen molar-refractivity contribution in [1.82, 2.24) is 4.90 Å². The number of nitrogens with zero attached hydrogens (tertiary/aromatic N) is 2. The van der Waals surface area contributed by atoms with Gasteiger partial charge in [-0.25, -0.2) is 0 Å². The summed E-state index contributed by atoms with van der Waals surface area (Å²) >= 11 is 0. The Balaban J connectivity index is 1.42. The SMILES string of the molecule is CCCCOc1ccc(N(C)CCC2(O)CCN(Cc3ccccc3)CC2)cc1. The maximum atomic E-state index is 11.0. The second-order valence-corrected chi connectivity index (χ2v) is 8.35. The van der Waals surface area contributed by atoms with Crippen LogP contribution in [0.4, 0.5) is 5.69 Å². The maximum Gasteiger partial charge on any atom is 0.119 e. The number of hydrogen-bond acceptors (Lipinski definition) is 4. The first-order chi connectivity index (χ1) is 14.1. The van der Waals surface area contributed by atoms with Crippen LogP contribution in [0.3, 0.4) is 0 Å². The molecule has 158 valence electrons. The molecule has 0 aromatic heterocycles. The van der Waals surface area contributed by atoms with Gasteiger partial charge in [-0.3, -0.25) is 4.90 Å². The number of anilines is 1. The van der Waals surface area contributed by atoms with Gasteiger partial charge in [0.1, 0.15) is 5.75 Å². The summed E-state index contributed by atoms with van der Waals surface area (Å²) in [4.78, 5) is 4.68. The van der Waals surface area contributed by atoms with E-state index in [1.54, 1.807) is 0 Å². The molecule has 2 aromatic rings. The third kappa shape index (κ3) is 6.76. The number of likely N-dealkylation sites (tertiary alicyclic amines) is 1. The monoisotopic (exact) mass is 396 g/mol. The molecule has 0 spiro atoms. The highest BCUT2D eigenvalue weighted by atomic mass is 16.5.